The third-order valence-electron chi connectivity index (χ3n) is 3.67. The zero-order valence-electron chi connectivity index (χ0n) is 12.9. The fraction of sp³-hybridized carbons (Fsp3) is 0.471. The number of carbonyl (C=O) groups is 1. The molecule has 0 bridgehead atoms. The van der Waals surface area contributed by atoms with Crippen LogP contribution in [0.15, 0.2) is 28.9 Å². The van der Waals surface area contributed by atoms with Gasteiger partial charge < -0.3 is 19.2 Å². The molecule has 1 aromatic heterocycles. The Bertz CT molecular complexity index is 656. The molecule has 1 aliphatic heterocycles. The highest BCUT2D eigenvalue weighted by Gasteiger charge is 2.18. The summed E-state index contributed by atoms with van der Waals surface area (Å²) in [5, 5.41) is 3.80. The molecule has 0 spiro atoms. The second-order valence-corrected chi connectivity index (χ2v) is 5.82. The number of benzene rings is 1. The van der Waals surface area contributed by atoms with Crippen LogP contribution >= 0.6 is 0 Å². The molecular formula is C17H21NO4. The second kappa shape index (κ2) is 6.40. The van der Waals surface area contributed by atoms with Gasteiger partial charge in [0, 0.05) is 18.7 Å². The van der Waals surface area contributed by atoms with E-state index in [1.54, 1.807) is 18.4 Å². The summed E-state index contributed by atoms with van der Waals surface area (Å²) in [6.07, 6.45) is 3.82. The molecule has 1 fully saturated rings. The van der Waals surface area contributed by atoms with E-state index in [1.165, 1.54) is 0 Å². The maximum Gasteiger partial charge on any atom is 0.251 e. The topological polar surface area (TPSA) is 60.7 Å². The minimum Gasteiger partial charge on any atom is -0.490 e. The fourth-order valence-electron chi connectivity index (χ4n) is 2.63. The Morgan fingerprint density at radius 1 is 1.45 bits per heavy atom. The highest BCUT2D eigenvalue weighted by Crippen LogP contribution is 2.29. The highest BCUT2D eigenvalue weighted by molar-refractivity contribution is 5.99. The van der Waals surface area contributed by atoms with Crippen molar-refractivity contribution in [1.82, 2.24) is 5.32 Å². The average Bonchev–Trinajstić information content (AvgIpc) is 3.15. The lowest BCUT2D eigenvalue weighted by Gasteiger charge is -2.13. The van der Waals surface area contributed by atoms with Crippen molar-refractivity contribution in [3.63, 3.8) is 0 Å². The molecule has 22 heavy (non-hydrogen) atoms. The van der Waals surface area contributed by atoms with Crippen molar-refractivity contribution in [2.24, 2.45) is 0 Å². The predicted octanol–water partition coefficient (Wildman–Crippen LogP) is 3.13. The molecule has 2 aromatic rings. The normalized spacial score (nSPS) is 18.0. The van der Waals surface area contributed by atoms with Crippen LogP contribution < -0.4 is 10.1 Å². The van der Waals surface area contributed by atoms with Crippen LogP contribution in [0.2, 0.25) is 0 Å². The van der Waals surface area contributed by atoms with Crippen LogP contribution in [0, 0.1) is 0 Å². The first kappa shape index (κ1) is 14.9. The van der Waals surface area contributed by atoms with E-state index in [9.17, 15) is 4.79 Å². The Morgan fingerprint density at radius 3 is 3.05 bits per heavy atom. The van der Waals surface area contributed by atoms with Gasteiger partial charge in [0.25, 0.3) is 5.91 Å². The van der Waals surface area contributed by atoms with Crippen LogP contribution in [-0.2, 0) is 4.74 Å². The van der Waals surface area contributed by atoms with Gasteiger partial charge in [0.15, 0.2) is 0 Å². The van der Waals surface area contributed by atoms with Gasteiger partial charge in [-0.05, 0) is 44.9 Å². The minimum atomic E-state index is -0.137. The molecule has 1 aromatic carbocycles. The number of carbonyl (C=O) groups excluding carboxylic acids is 1. The van der Waals surface area contributed by atoms with E-state index in [0.29, 0.717) is 23.4 Å². The van der Waals surface area contributed by atoms with Crippen LogP contribution in [0.1, 0.15) is 37.0 Å². The fourth-order valence-corrected chi connectivity index (χ4v) is 2.63. The van der Waals surface area contributed by atoms with E-state index in [0.717, 1.165) is 24.8 Å². The summed E-state index contributed by atoms with van der Waals surface area (Å²) in [4.78, 5) is 12.3. The van der Waals surface area contributed by atoms with Gasteiger partial charge >= 0.3 is 0 Å². The monoisotopic (exact) mass is 303 g/mol. The molecule has 1 amide bonds. The Labute approximate surface area is 129 Å². The quantitative estimate of drug-likeness (QED) is 0.922. The van der Waals surface area contributed by atoms with Gasteiger partial charge in [0.1, 0.15) is 11.3 Å². The van der Waals surface area contributed by atoms with E-state index >= 15 is 0 Å². The van der Waals surface area contributed by atoms with E-state index in [-0.39, 0.29) is 18.1 Å². The summed E-state index contributed by atoms with van der Waals surface area (Å²) < 4.78 is 16.7. The van der Waals surface area contributed by atoms with Gasteiger partial charge in [0.2, 0.25) is 0 Å². The smallest absolute Gasteiger partial charge is 0.251 e. The first-order valence-electron chi connectivity index (χ1n) is 7.71. The van der Waals surface area contributed by atoms with Crippen LogP contribution in [0.3, 0.4) is 0 Å². The summed E-state index contributed by atoms with van der Waals surface area (Å²) >= 11 is 0. The van der Waals surface area contributed by atoms with Crippen molar-refractivity contribution in [3.05, 3.63) is 30.0 Å². The molecule has 5 nitrogen and oxygen atoms in total. The van der Waals surface area contributed by atoms with Crippen LogP contribution in [0.25, 0.3) is 11.0 Å². The van der Waals surface area contributed by atoms with Crippen molar-refractivity contribution in [2.75, 3.05) is 13.2 Å². The van der Waals surface area contributed by atoms with Gasteiger partial charge in [-0.1, -0.05) is 0 Å². The SMILES string of the molecule is CC(C)Oc1cc(C(=O)NC[C@H]2CCCO2)cc2occc12. The largest absolute Gasteiger partial charge is 0.490 e. The number of hydrogen-bond acceptors (Lipinski definition) is 4. The Balaban J connectivity index is 1.78. The number of nitrogens with one attached hydrogen (secondary N) is 1. The molecule has 0 unspecified atom stereocenters. The number of rotatable bonds is 5. The van der Waals surface area contributed by atoms with Crippen molar-refractivity contribution >= 4 is 16.9 Å². The van der Waals surface area contributed by atoms with E-state index < -0.39 is 0 Å². The number of furan rings is 1. The third-order valence-corrected chi connectivity index (χ3v) is 3.67. The molecule has 3 rings (SSSR count). The van der Waals surface area contributed by atoms with Gasteiger partial charge in [0.05, 0.1) is 23.9 Å². The van der Waals surface area contributed by atoms with Crippen molar-refractivity contribution in [1.29, 1.82) is 0 Å². The van der Waals surface area contributed by atoms with Crippen molar-refractivity contribution in [3.8, 4) is 5.75 Å². The zero-order valence-corrected chi connectivity index (χ0v) is 12.9. The maximum absolute atomic E-state index is 12.3. The maximum atomic E-state index is 12.3. The molecular weight excluding hydrogens is 282 g/mol. The third kappa shape index (κ3) is 3.25. The molecule has 1 N–H and O–H groups in total. The van der Waals surface area contributed by atoms with Gasteiger partial charge in [-0.15, -0.1) is 0 Å². The summed E-state index contributed by atoms with van der Waals surface area (Å²) in [5.41, 5.74) is 1.19. The predicted molar refractivity (Wildman–Crippen MR) is 83.3 cm³/mol. The standard InChI is InChI=1S/C17H21NO4/c1-11(2)22-16-9-12(8-15-14(16)5-7-21-15)17(19)18-10-13-4-3-6-20-13/h5,7-9,11,13H,3-4,6,10H2,1-2H3,(H,18,19)/t13-/m1/s1. The van der Waals surface area contributed by atoms with E-state index in [4.69, 9.17) is 13.9 Å². The van der Waals surface area contributed by atoms with E-state index in [1.807, 2.05) is 19.9 Å². The summed E-state index contributed by atoms with van der Waals surface area (Å²) in [5.74, 6) is 0.533. The lowest BCUT2D eigenvalue weighted by Crippen LogP contribution is -2.31. The lowest BCUT2D eigenvalue weighted by atomic mass is 10.1. The minimum absolute atomic E-state index is 0.0308. The van der Waals surface area contributed by atoms with Crippen molar-refractivity contribution in [2.45, 2.75) is 38.9 Å². The first-order chi connectivity index (χ1) is 10.6. The Hall–Kier alpha value is -2.01. The summed E-state index contributed by atoms with van der Waals surface area (Å²) in [6, 6.07) is 5.36. The number of ether oxygens (including phenoxy) is 2. The van der Waals surface area contributed by atoms with Gasteiger partial charge in [-0.3, -0.25) is 4.79 Å². The van der Waals surface area contributed by atoms with Crippen LogP contribution in [0.5, 0.6) is 5.75 Å². The lowest BCUT2D eigenvalue weighted by molar-refractivity contribution is 0.0857. The molecule has 5 heteroatoms. The average molecular weight is 303 g/mol. The molecule has 0 radical (unpaired) electrons. The van der Waals surface area contributed by atoms with Gasteiger partial charge in [-0.25, -0.2) is 0 Å². The number of hydrogen-bond donors (Lipinski definition) is 1. The van der Waals surface area contributed by atoms with Crippen LogP contribution in [-0.4, -0.2) is 31.3 Å². The molecule has 0 saturated carbocycles. The van der Waals surface area contributed by atoms with Crippen LogP contribution in [0.4, 0.5) is 0 Å². The second-order valence-electron chi connectivity index (χ2n) is 5.82. The zero-order chi connectivity index (χ0) is 15.5. The summed E-state index contributed by atoms with van der Waals surface area (Å²) in [6.45, 7) is 5.23. The Kier molecular flexibility index (Phi) is 4.34. The number of fused-ring (bicyclic) bond motifs is 1. The van der Waals surface area contributed by atoms with Crippen molar-refractivity contribution < 1.29 is 18.7 Å². The van der Waals surface area contributed by atoms with Gasteiger partial charge in [-0.2, -0.15) is 0 Å². The first-order valence-corrected chi connectivity index (χ1v) is 7.71. The van der Waals surface area contributed by atoms with E-state index in [2.05, 4.69) is 5.32 Å². The molecule has 1 saturated heterocycles. The highest BCUT2D eigenvalue weighted by atomic mass is 16.5. The Morgan fingerprint density at radius 2 is 2.32 bits per heavy atom. The molecule has 1 aliphatic rings. The number of amides is 1. The molecule has 2 heterocycles. The molecule has 1 atom stereocenters. The molecule has 0 aliphatic carbocycles. The summed E-state index contributed by atoms with van der Waals surface area (Å²) in [7, 11) is 0. The molecule has 118 valence electrons.